The van der Waals surface area contributed by atoms with Gasteiger partial charge in [0.2, 0.25) is 5.95 Å². The second-order valence-corrected chi connectivity index (χ2v) is 6.50. The lowest BCUT2D eigenvalue weighted by Crippen LogP contribution is -2.02. The average Bonchev–Trinajstić information content (AvgIpc) is 2.56. The van der Waals surface area contributed by atoms with Crippen molar-refractivity contribution in [1.29, 1.82) is 0 Å². The van der Waals surface area contributed by atoms with Crippen molar-refractivity contribution < 1.29 is 4.74 Å². The Balaban J connectivity index is 2.51. The van der Waals surface area contributed by atoms with Gasteiger partial charge in [0.15, 0.2) is 0 Å². The summed E-state index contributed by atoms with van der Waals surface area (Å²) in [5.41, 5.74) is 8.10. The number of hydrogen-bond acceptors (Lipinski definition) is 6. The molecule has 1 aromatic carbocycles. The number of methoxy groups -OCH3 is 1. The molecule has 0 saturated heterocycles. The zero-order chi connectivity index (χ0) is 17.7. The third-order valence-electron chi connectivity index (χ3n) is 3.44. The van der Waals surface area contributed by atoms with Gasteiger partial charge in [0.1, 0.15) is 11.6 Å². The Bertz CT molecular complexity index is 794. The third kappa shape index (κ3) is 3.92. The topological polar surface area (TPSA) is 73.1 Å². The van der Waals surface area contributed by atoms with Crippen molar-refractivity contribution in [2.75, 3.05) is 25.2 Å². The zero-order valence-electron chi connectivity index (χ0n) is 14.6. The Morgan fingerprint density at radius 1 is 1.29 bits per heavy atom. The molecule has 0 fully saturated rings. The standard InChI is InChI=1S/C18H22N4OS/c1-6-7-12-8-15(13(11(2)3)9-14(12)23-5)24-16-10-21-18(20-4)22-17(16)19/h8-11H,1-5H3,(H3,19,20,21,22). The number of benzene rings is 1. The molecule has 1 heterocycles. The van der Waals surface area contributed by atoms with Crippen LogP contribution in [0.3, 0.4) is 0 Å². The first-order valence-corrected chi connectivity index (χ1v) is 8.44. The van der Waals surface area contributed by atoms with Gasteiger partial charge in [-0.3, -0.25) is 0 Å². The summed E-state index contributed by atoms with van der Waals surface area (Å²) < 4.78 is 5.48. The van der Waals surface area contributed by atoms with Crippen LogP contribution >= 0.6 is 11.8 Å². The van der Waals surface area contributed by atoms with E-state index < -0.39 is 0 Å². The fourth-order valence-electron chi connectivity index (χ4n) is 2.22. The monoisotopic (exact) mass is 342 g/mol. The normalized spacial score (nSPS) is 10.2. The van der Waals surface area contributed by atoms with Crippen LogP contribution in [0.15, 0.2) is 28.1 Å². The number of anilines is 2. The smallest absolute Gasteiger partial charge is 0.224 e. The lowest BCUT2D eigenvalue weighted by atomic mass is 10.0. The first-order chi connectivity index (χ1) is 11.5. The number of aromatic nitrogens is 2. The number of rotatable bonds is 5. The van der Waals surface area contributed by atoms with Crippen molar-refractivity contribution in [2.45, 2.75) is 36.5 Å². The molecule has 24 heavy (non-hydrogen) atoms. The van der Waals surface area contributed by atoms with Gasteiger partial charge in [-0.25, -0.2) is 4.98 Å². The lowest BCUT2D eigenvalue weighted by Gasteiger charge is -2.16. The number of nitrogens with one attached hydrogen (secondary N) is 1. The molecule has 2 rings (SSSR count). The van der Waals surface area contributed by atoms with Gasteiger partial charge in [0, 0.05) is 18.1 Å². The van der Waals surface area contributed by atoms with E-state index in [9.17, 15) is 0 Å². The van der Waals surface area contributed by atoms with Crippen molar-refractivity contribution in [3.05, 3.63) is 29.5 Å². The van der Waals surface area contributed by atoms with E-state index in [0.29, 0.717) is 17.7 Å². The second kappa shape index (κ2) is 7.93. The lowest BCUT2D eigenvalue weighted by molar-refractivity contribution is 0.412. The van der Waals surface area contributed by atoms with Crippen LogP contribution in [0, 0.1) is 11.8 Å². The molecule has 0 amide bonds. The predicted octanol–water partition coefficient (Wildman–Crippen LogP) is 3.76. The summed E-state index contributed by atoms with van der Waals surface area (Å²) in [6.45, 7) is 6.10. The highest BCUT2D eigenvalue weighted by Gasteiger charge is 2.15. The molecule has 0 unspecified atom stereocenters. The number of ether oxygens (including phenoxy) is 1. The summed E-state index contributed by atoms with van der Waals surface area (Å²) in [7, 11) is 3.42. The minimum absolute atomic E-state index is 0.337. The molecule has 6 heteroatoms. The van der Waals surface area contributed by atoms with Crippen LogP contribution in [-0.2, 0) is 0 Å². The molecule has 2 aromatic rings. The van der Waals surface area contributed by atoms with Crippen LogP contribution < -0.4 is 15.8 Å². The first kappa shape index (κ1) is 18.0. The van der Waals surface area contributed by atoms with Gasteiger partial charge < -0.3 is 15.8 Å². The van der Waals surface area contributed by atoms with Crippen molar-refractivity contribution in [1.82, 2.24) is 9.97 Å². The number of hydrogen-bond donors (Lipinski definition) is 2. The summed E-state index contributed by atoms with van der Waals surface area (Å²) in [6, 6.07) is 4.09. The van der Waals surface area contributed by atoms with Crippen LogP contribution in [0.2, 0.25) is 0 Å². The highest BCUT2D eigenvalue weighted by molar-refractivity contribution is 7.99. The van der Waals surface area contributed by atoms with E-state index >= 15 is 0 Å². The van der Waals surface area contributed by atoms with E-state index in [1.54, 1.807) is 32.1 Å². The Morgan fingerprint density at radius 3 is 2.58 bits per heavy atom. The van der Waals surface area contributed by atoms with Crippen LogP contribution in [-0.4, -0.2) is 24.1 Å². The van der Waals surface area contributed by atoms with Crippen molar-refractivity contribution >= 4 is 23.5 Å². The van der Waals surface area contributed by atoms with Gasteiger partial charge in [-0.2, -0.15) is 4.98 Å². The first-order valence-electron chi connectivity index (χ1n) is 7.63. The minimum Gasteiger partial charge on any atom is -0.495 e. The minimum atomic E-state index is 0.337. The number of nitrogens with zero attached hydrogens (tertiary/aromatic N) is 2. The van der Waals surface area contributed by atoms with Crippen molar-refractivity contribution in [3.63, 3.8) is 0 Å². The quantitative estimate of drug-likeness (QED) is 0.806. The summed E-state index contributed by atoms with van der Waals surface area (Å²) in [4.78, 5) is 10.4. The third-order valence-corrected chi connectivity index (χ3v) is 4.55. The van der Waals surface area contributed by atoms with Crippen molar-refractivity contribution in [3.8, 4) is 17.6 Å². The van der Waals surface area contributed by atoms with Crippen LogP contribution in [0.5, 0.6) is 5.75 Å². The van der Waals surface area contributed by atoms with Gasteiger partial charge in [-0.05, 0) is 30.5 Å². The van der Waals surface area contributed by atoms with E-state index in [4.69, 9.17) is 10.5 Å². The highest BCUT2D eigenvalue weighted by atomic mass is 32.2. The molecule has 0 aliphatic carbocycles. The second-order valence-electron chi connectivity index (χ2n) is 5.42. The fraction of sp³-hybridized carbons (Fsp3) is 0.333. The summed E-state index contributed by atoms with van der Waals surface area (Å²) >= 11 is 1.55. The van der Waals surface area contributed by atoms with Gasteiger partial charge in [-0.15, -0.1) is 5.92 Å². The molecule has 0 spiro atoms. The molecular weight excluding hydrogens is 320 g/mol. The van der Waals surface area contributed by atoms with Crippen LogP contribution in [0.1, 0.15) is 37.8 Å². The fourth-order valence-corrected chi connectivity index (χ4v) is 3.30. The number of nitrogen functional groups attached to an aromatic ring is 1. The molecule has 0 bridgehead atoms. The van der Waals surface area contributed by atoms with Gasteiger partial charge >= 0.3 is 0 Å². The van der Waals surface area contributed by atoms with E-state index in [2.05, 4.69) is 41.0 Å². The molecule has 0 aliphatic rings. The van der Waals surface area contributed by atoms with Crippen molar-refractivity contribution in [2.24, 2.45) is 0 Å². The predicted molar refractivity (Wildman–Crippen MR) is 99.7 cm³/mol. The maximum atomic E-state index is 6.06. The maximum Gasteiger partial charge on any atom is 0.224 e. The van der Waals surface area contributed by atoms with Gasteiger partial charge in [-0.1, -0.05) is 31.5 Å². The number of nitrogens with two attached hydrogens (primary N) is 1. The zero-order valence-corrected chi connectivity index (χ0v) is 15.4. The van der Waals surface area contributed by atoms with Gasteiger partial charge in [0.25, 0.3) is 0 Å². The molecule has 0 atom stereocenters. The van der Waals surface area contributed by atoms with Gasteiger partial charge in [0.05, 0.1) is 17.6 Å². The Kier molecular flexibility index (Phi) is 5.93. The SMILES string of the molecule is CC#Cc1cc(Sc2cnc(NC)nc2N)c(C(C)C)cc1OC. The molecule has 3 N–H and O–H groups in total. The largest absolute Gasteiger partial charge is 0.495 e. The van der Waals surface area contributed by atoms with E-state index in [0.717, 1.165) is 21.1 Å². The molecule has 1 aromatic heterocycles. The molecular formula is C18H22N4OS. The Hall–Kier alpha value is -2.39. The van der Waals surface area contributed by atoms with E-state index in [-0.39, 0.29) is 0 Å². The highest BCUT2D eigenvalue weighted by Crippen LogP contribution is 2.39. The van der Waals surface area contributed by atoms with E-state index in [1.165, 1.54) is 5.56 Å². The summed E-state index contributed by atoms with van der Waals surface area (Å²) in [5, 5.41) is 2.88. The maximum absolute atomic E-state index is 6.06. The molecule has 0 aliphatic heterocycles. The van der Waals surface area contributed by atoms with Crippen LogP contribution in [0.4, 0.5) is 11.8 Å². The Labute approximate surface area is 147 Å². The molecule has 0 radical (unpaired) electrons. The summed E-state index contributed by atoms with van der Waals surface area (Å²) in [5.74, 6) is 8.10. The summed E-state index contributed by atoms with van der Waals surface area (Å²) in [6.07, 6.45) is 1.73. The molecule has 0 saturated carbocycles. The Morgan fingerprint density at radius 2 is 2.04 bits per heavy atom. The van der Waals surface area contributed by atoms with Crippen LogP contribution in [0.25, 0.3) is 0 Å². The average molecular weight is 342 g/mol. The molecule has 126 valence electrons. The van der Waals surface area contributed by atoms with E-state index in [1.807, 2.05) is 19.1 Å². The molecule has 5 nitrogen and oxygen atoms in total.